The molecule has 0 bridgehead atoms. The summed E-state index contributed by atoms with van der Waals surface area (Å²) >= 11 is 5.81. The minimum atomic E-state index is -0.357. The maximum atomic E-state index is 13.2. The Morgan fingerprint density at radius 2 is 2.05 bits per heavy atom. The number of likely N-dealkylation sites (tertiary alicyclic amines) is 1. The van der Waals surface area contributed by atoms with Crippen molar-refractivity contribution in [1.82, 2.24) is 10.2 Å². The van der Waals surface area contributed by atoms with Crippen LogP contribution < -0.4 is 5.32 Å². The molecule has 3 nitrogen and oxygen atoms in total. The second kappa shape index (κ2) is 7.04. The summed E-state index contributed by atoms with van der Waals surface area (Å²) in [7, 11) is 0. The second-order valence-corrected chi connectivity index (χ2v) is 5.70. The van der Waals surface area contributed by atoms with Crippen molar-refractivity contribution in [2.75, 3.05) is 13.1 Å². The van der Waals surface area contributed by atoms with Gasteiger partial charge in [0.2, 0.25) is 5.91 Å². The van der Waals surface area contributed by atoms with Gasteiger partial charge >= 0.3 is 0 Å². The Hall–Kier alpha value is -1.13. The van der Waals surface area contributed by atoms with Gasteiger partial charge in [0.1, 0.15) is 5.82 Å². The van der Waals surface area contributed by atoms with E-state index in [1.807, 2.05) is 11.8 Å². The standard InChI is InChI=1S/C15H20ClFN2O/c1-11(15(20)19-5-3-2-4-6-19)18-10-12-7-13(16)9-14(17)8-12/h7-9,11,18H,2-6,10H2,1H3. The van der Waals surface area contributed by atoms with Crippen molar-refractivity contribution in [3.63, 3.8) is 0 Å². The maximum absolute atomic E-state index is 13.2. The Bertz CT molecular complexity index is 455. The predicted octanol–water partition coefficient (Wildman–Crippen LogP) is 2.97. The number of rotatable bonds is 4. The van der Waals surface area contributed by atoms with Crippen LogP contribution in [0.25, 0.3) is 0 Å². The van der Waals surface area contributed by atoms with Crippen LogP contribution in [-0.2, 0) is 11.3 Å². The van der Waals surface area contributed by atoms with Gasteiger partial charge in [-0.25, -0.2) is 4.39 Å². The fourth-order valence-electron chi connectivity index (χ4n) is 2.46. The fraction of sp³-hybridized carbons (Fsp3) is 0.533. The molecule has 2 rings (SSSR count). The summed E-state index contributed by atoms with van der Waals surface area (Å²) in [5.41, 5.74) is 0.744. The summed E-state index contributed by atoms with van der Waals surface area (Å²) in [4.78, 5) is 14.1. The SMILES string of the molecule is CC(NCc1cc(F)cc(Cl)c1)C(=O)N1CCCCC1. The van der Waals surface area contributed by atoms with Gasteiger partial charge in [-0.05, 0) is 49.9 Å². The molecule has 1 aliphatic heterocycles. The van der Waals surface area contributed by atoms with E-state index in [1.54, 1.807) is 6.07 Å². The number of carbonyl (C=O) groups excluding carboxylic acids is 1. The molecule has 5 heteroatoms. The number of carbonyl (C=O) groups is 1. The summed E-state index contributed by atoms with van der Waals surface area (Å²) in [5.74, 6) is -0.239. The van der Waals surface area contributed by atoms with E-state index in [2.05, 4.69) is 5.32 Å². The summed E-state index contributed by atoms with van der Waals surface area (Å²) < 4.78 is 13.2. The normalized spacial score (nSPS) is 17.1. The average molecular weight is 299 g/mol. The lowest BCUT2D eigenvalue weighted by Gasteiger charge is -2.29. The van der Waals surface area contributed by atoms with Gasteiger partial charge in [0, 0.05) is 24.7 Å². The third-order valence-electron chi connectivity index (χ3n) is 3.57. The molecule has 0 radical (unpaired) electrons. The van der Waals surface area contributed by atoms with Crippen LogP contribution in [0, 0.1) is 5.82 Å². The molecule has 0 aromatic heterocycles. The van der Waals surface area contributed by atoms with E-state index in [1.165, 1.54) is 18.6 Å². The zero-order valence-electron chi connectivity index (χ0n) is 11.7. The minimum Gasteiger partial charge on any atom is -0.341 e. The molecule has 1 heterocycles. The van der Waals surface area contributed by atoms with Gasteiger partial charge in [-0.3, -0.25) is 4.79 Å². The van der Waals surface area contributed by atoms with Crippen LogP contribution in [0.1, 0.15) is 31.7 Å². The van der Waals surface area contributed by atoms with Crippen LogP contribution >= 0.6 is 11.6 Å². The first-order chi connectivity index (χ1) is 9.56. The number of halogens is 2. The highest BCUT2D eigenvalue weighted by atomic mass is 35.5. The van der Waals surface area contributed by atoms with E-state index in [-0.39, 0.29) is 17.8 Å². The molecule has 0 aliphatic carbocycles. The first-order valence-corrected chi connectivity index (χ1v) is 7.41. The Kier molecular flexibility index (Phi) is 5.38. The maximum Gasteiger partial charge on any atom is 0.239 e. The zero-order valence-corrected chi connectivity index (χ0v) is 12.4. The molecule has 1 aromatic carbocycles. The number of nitrogens with zero attached hydrogens (tertiary/aromatic N) is 1. The third kappa shape index (κ3) is 4.18. The van der Waals surface area contributed by atoms with Gasteiger partial charge in [-0.1, -0.05) is 11.6 Å². The highest BCUT2D eigenvalue weighted by Crippen LogP contribution is 2.14. The van der Waals surface area contributed by atoms with Crippen molar-refractivity contribution in [2.24, 2.45) is 0 Å². The molecule has 110 valence electrons. The van der Waals surface area contributed by atoms with Gasteiger partial charge in [0.15, 0.2) is 0 Å². The number of benzene rings is 1. The van der Waals surface area contributed by atoms with Gasteiger partial charge in [0.25, 0.3) is 0 Å². The van der Waals surface area contributed by atoms with Crippen molar-refractivity contribution in [3.8, 4) is 0 Å². The number of piperidine rings is 1. The Balaban J connectivity index is 1.87. The molecule has 20 heavy (non-hydrogen) atoms. The Labute approximate surface area is 124 Å². The van der Waals surface area contributed by atoms with Crippen LogP contribution in [0.2, 0.25) is 5.02 Å². The summed E-state index contributed by atoms with van der Waals surface area (Å²) in [6.07, 6.45) is 3.36. The van der Waals surface area contributed by atoms with Crippen LogP contribution in [0.4, 0.5) is 4.39 Å². The molecule has 0 saturated carbocycles. The second-order valence-electron chi connectivity index (χ2n) is 5.27. The summed E-state index contributed by atoms with van der Waals surface area (Å²) in [6.45, 7) is 3.96. The van der Waals surface area contributed by atoms with E-state index >= 15 is 0 Å². The molecule has 1 aliphatic rings. The Morgan fingerprint density at radius 3 is 2.70 bits per heavy atom. The molecule has 1 unspecified atom stereocenters. The van der Waals surface area contributed by atoms with Crippen molar-refractivity contribution < 1.29 is 9.18 Å². The largest absolute Gasteiger partial charge is 0.341 e. The molecular formula is C15H20ClFN2O. The average Bonchev–Trinajstić information content (AvgIpc) is 2.44. The molecule has 1 amide bonds. The lowest BCUT2D eigenvalue weighted by molar-refractivity contribution is -0.133. The summed E-state index contributed by atoms with van der Waals surface area (Å²) in [6, 6.07) is 4.13. The van der Waals surface area contributed by atoms with Gasteiger partial charge in [-0.2, -0.15) is 0 Å². The third-order valence-corrected chi connectivity index (χ3v) is 3.79. The van der Waals surface area contributed by atoms with Crippen molar-refractivity contribution in [3.05, 3.63) is 34.6 Å². The van der Waals surface area contributed by atoms with Crippen LogP contribution in [-0.4, -0.2) is 29.9 Å². The molecule has 1 aromatic rings. The Morgan fingerprint density at radius 1 is 1.35 bits per heavy atom. The van der Waals surface area contributed by atoms with E-state index in [0.29, 0.717) is 11.6 Å². The molecule has 1 saturated heterocycles. The van der Waals surface area contributed by atoms with Gasteiger partial charge in [-0.15, -0.1) is 0 Å². The molecular weight excluding hydrogens is 279 g/mol. The minimum absolute atomic E-state index is 0.118. The molecule has 1 fully saturated rings. The number of hydrogen-bond acceptors (Lipinski definition) is 2. The number of nitrogens with one attached hydrogen (secondary N) is 1. The molecule has 1 N–H and O–H groups in total. The van der Waals surface area contributed by atoms with E-state index < -0.39 is 0 Å². The highest BCUT2D eigenvalue weighted by Gasteiger charge is 2.21. The highest BCUT2D eigenvalue weighted by molar-refractivity contribution is 6.30. The predicted molar refractivity (Wildman–Crippen MR) is 78.1 cm³/mol. The van der Waals surface area contributed by atoms with Gasteiger partial charge in [0.05, 0.1) is 6.04 Å². The monoisotopic (exact) mass is 298 g/mol. The van der Waals surface area contributed by atoms with E-state index in [9.17, 15) is 9.18 Å². The summed E-state index contributed by atoms with van der Waals surface area (Å²) in [5, 5.41) is 3.51. The van der Waals surface area contributed by atoms with Crippen LogP contribution in [0.3, 0.4) is 0 Å². The first kappa shape index (κ1) is 15.3. The quantitative estimate of drug-likeness (QED) is 0.927. The molecule has 0 spiro atoms. The number of hydrogen-bond donors (Lipinski definition) is 1. The van der Waals surface area contributed by atoms with E-state index in [0.717, 1.165) is 31.5 Å². The lowest BCUT2D eigenvalue weighted by atomic mass is 10.1. The lowest BCUT2D eigenvalue weighted by Crippen LogP contribution is -2.46. The van der Waals surface area contributed by atoms with Crippen LogP contribution in [0.5, 0.6) is 0 Å². The van der Waals surface area contributed by atoms with Crippen molar-refractivity contribution in [2.45, 2.75) is 38.8 Å². The van der Waals surface area contributed by atoms with Crippen LogP contribution in [0.15, 0.2) is 18.2 Å². The zero-order chi connectivity index (χ0) is 14.5. The van der Waals surface area contributed by atoms with Crippen molar-refractivity contribution >= 4 is 17.5 Å². The van der Waals surface area contributed by atoms with Gasteiger partial charge < -0.3 is 10.2 Å². The first-order valence-electron chi connectivity index (χ1n) is 7.03. The topological polar surface area (TPSA) is 32.3 Å². The number of amides is 1. The van der Waals surface area contributed by atoms with Crippen molar-refractivity contribution in [1.29, 1.82) is 0 Å². The van der Waals surface area contributed by atoms with E-state index in [4.69, 9.17) is 11.6 Å². The molecule has 1 atom stereocenters. The fourth-order valence-corrected chi connectivity index (χ4v) is 2.70. The smallest absolute Gasteiger partial charge is 0.239 e.